The summed E-state index contributed by atoms with van der Waals surface area (Å²) in [6.45, 7) is 3.22. The van der Waals surface area contributed by atoms with E-state index < -0.39 is 0 Å². The smallest absolute Gasteiger partial charge is 0.157 e. The summed E-state index contributed by atoms with van der Waals surface area (Å²) in [4.78, 5) is 0. The Hall–Kier alpha value is -0.560. The topological polar surface area (TPSA) is 38.7 Å². The Balaban J connectivity index is 1.89. The van der Waals surface area contributed by atoms with Gasteiger partial charge in [-0.15, -0.1) is 11.8 Å². The van der Waals surface area contributed by atoms with E-state index in [-0.39, 0.29) is 12.4 Å². The lowest BCUT2D eigenvalue weighted by Crippen LogP contribution is -2.06. The second kappa shape index (κ2) is 7.70. The van der Waals surface area contributed by atoms with Crippen LogP contribution in [0.15, 0.2) is 0 Å². The molecule has 3 nitrogen and oxygen atoms in total. The van der Waals surface area contributed by atoms with E-state index >= 15 is 0 Å². The molecule has 0 spiro atoms. The van der Waals surface area contributed by atoms with Gasteiger partial charge in [0.25, 0.3) is 0 Å². The summed E-state index contributed by atoms with van der Waals surface area (Å²) in [5, 5.41) is 8.96. The third-order valence-corrected chi connectivity index (χ3v) is 2.20. The number of hydrogen-bond acceptors (Lipinski definition) is 3. The van der Waals surface area contributed by atoms with Crippen molar-refractivity contribution in [3.05, 3.63) is 0 Å². The van der Waals surface area contributed by atoms with E-state index in [9.17, 15) is 0 Å². The molecule has 1 saturated heterocycles. The predicted molar refractivity (Wildman–Crippen MR) is 58.2 cm³/mol. The molecule has 3 heteroatoms. The Morgan fingerprint density at radius 3 is 2.67 bits per heavy atom. The van der Waals surface area contributed by atoms with Gasteiger partial charge >= 0.3 is 0 Å². The molecule has 86 valence electrons. The molecule has 1 N–H and O–H groups in total. The zero-order valence-corrected chi connectivity index (χ0v) is 9.37. The van der Waals surface area contributed by atoms with Gasteiger partial charge in [0.2, 0.25) is 0 Å². The Labute approximate surface area is 91.8 Å². The van der Waals surface area contributed by atoms with Crippen LogP contribution in [0.5, 0.6) is 0 Å². The molecule has 0 aromatic heterocycles. The first-order valence-corrected chi connectivity index (χ1v) is 5.66. The maximum Gasteiger partial charge on any atom is 0.157 e. The van der Waals surface area contributed by atoms with Crippen molar-refractivity contribution < 1.29 is 14.6 Å². The summed E-state index contributed by atoms with van der Waals surface area (Å²) >= 11 is 0. The minimum absolute atomic E-state index is 0.0235. The maximum atomic E-state index is 8.96. The van der Waals surface area contributed by atoms with Crippen LogP contribution in [0.2, 0.25) is 0 Å². The lowest BCUT2D eigenvalue weighted by molar-refractivity contribution is -0.0478. The fourth-order valence-corrected chi connectivity index (χ4v) is 1.41. The van der Waals surface area contributed by atoms with Gasteiger partial charge < -0.3 is 14.6 Å². The molecule has 1 rings (SSSR count). The number of unbranched alkanes of at least 4 members (excludes halogenated alkanes) is 2. The van der Waals surface area contributed by atoms with Crippen LogP contribution in [0.3, 0.4) is 0 Å². The van der Waals surface area contributed by atoms with Crippen LogP contribution in [-0.4, -0.2) is 30.7 Å². The highest BCUT2D eigenvalue weighted by molar-refractivity contribution is 4.99. The molecule has 0 amide bonds. The van der Waals surface area contributed by atoms with Crippen LogP contribution >= 0.6 is 0 Å². The highest BCUT2D eigenvalue weighted by Gasteiger charge is 2.14. The largest absolute Gasteiger partial charge is 0.392 e. The third-order valence-electron chi connectivity index (χ3n) is 2.20. The molecule has 0 aromatic carbocycles. The summed E-state index contributed by atoms with van der Waals surface area (Å²) in [6, 6.07) is 0. The average Bonchev–Trinajstić information content (AvgIpc) is 2.68. The normalized spacial score (nSPS) is 18.5. The van der Waals surface area contributed by atoms with Crippen molar-refractivity contribution in [1.29, 1.82) is 0 Å². The van der Waals surface area contributed by atoms with Crippen LogP contribution in [0.25, 0.3) is 0 Å². The van der Waals surface area contributed by atoms with E-state index in [0.29, 0.717) is 6.42 Å². The lowest BCUT2D eigenvalue weighted by atomic mass is 10.2. The molecular weight excluding hydrogens is 192 g/mol. The molecule has 1 aliphatic rings. The van der Waals surface area contributed by atoms with Crippen molar-refractivity contribution in [3.8, 4) is 11.8 Å². The summed E-state index contributed by atoms with van der Waals surface area (Å²) in [6.07, 6.45) is 4.34. The third kappa shape index (κ3) is 6.51. The monoisotopic (exact) mass is 212 g/mol. The summed E-state index contributed by atoms with van der Waals surface area (Å²) in [5.74, 6) is 6.00. The number of aliphatic hydroxyl groups excluding tert-OH is 1. The first-order chi connectivity index (χ1) is 7.29. The van der Waals surface area contributed by atoms with Crippen LogP contribution in [0.4, 0.5) is 0 Å². The van der Waals surface area contributed by atoms with Crippen LogP contribution in [0.1, 0.15) is 39.0 Å². The zero-order chi connectivity index (χ0) is 10.9. The molecule has 0 bridgehead atoms. The van der Waals surface area contributed by atoms with Gasteiger partial charge in [0, 0.05) is 12.8 Å². The number of rotatable bonds is 5. The van der Waals surface area contributed by atoms with Gasteiger partial charge in [-0.2, -0.15) is 0 Å². The minimum atomic E-state index is -0.308. The second-order valence-electron chi connectivity index (χ2n) is 3.82. The van der Waals surface area contributed by atoms with Gasteiger partial charge in [0.1, 0.15) is 0 Å². The number of hydrogen-bond donors (Lipinski definition) is 1. The molecule has 1 aliphatic heterocycles. The summed E-state index contributed by atoms with van der Waals surface area (Å²) in [7, 11) is 0. The quantitative estimate of drug-likeness (QED) is 0.557. The highest BCUT2D eigenvalue weighted by Crippen LogP contribution is 2.12. The maximum absolute atomic E-state index is 8.96. The van der Waals surface area contributed by atoms with Crippen molar-refractivity contribution in [1.82, 2.24) is 0 Å². The van der Waals surface area contributed by atoms with Crippen molar-refractivity contribution in [3.63, 3.8) is 0 Å². The number of aliphatic hydroxyl groups is 1. The molecular formula is C12H20O3. The molecule has 0 radical (unpaired) electrons. The van der Waals surface area contributed by atoms with E-state index in [1.807, 2.05) is 0 Å². The van der Waals surface area contributed by atoms with Gasteiger partial charge in [-0.25, -0.2) is 0 Å². The summed E-state index contributed by atoms with van der Waals surface area (Å²) in [5.41, 5.74) is 0. The average molecular weight is 212 g/mol. The first-order valence-electron chi connectivity index (χ1n) is 5.66. The molecule has 1 heterocycles. The van der Waals surface area contributed by atoms with E-state index in [4.69, 9.17) is 14.6 Å². The molecule has 15 heavy (non-hydrogen) atoms. The van der Waals surface area contributed by atoms with Gasteiger partial charge in [-0.3, -0.25) is 0 Å². The lowest BCUT2D eigenvalue weighted by Gasteiger charge is -2.06. The molecule has 0 aliphatic carbocycles. The molecule has 1 fully saturated rings. The van der Waals surface area contributed by atoms with Gasteiger partial charge in [0.05, 0.1) is 19.3 Å². The first kappa shape index (κ1) is 12.5. The predicted octanol–water partition coefficient (Wildman–Crippen LogP) is 1.69. The van der Waals surface area contributed by atoms with E-state index in [2.05, 4.69) is 11.8 Å². The Bertz CT molecular complexity index is 209. The molecule has 1 unspecified atom stereocenters. The van der Waals surface area contributed by atoms with Gasteiger partial charge in [-0.05, 0) is 26.2 Å². The minimum Gasteiger partial charge on any atom is -0.392 e. The van der Waals surface area contributed by atoms with Crippen molar-refractivity contribution >= 4 is 0 Å². The molecule has 0 saturated carbocycles. The van der Waals surface area contributed by atoms with Gasteiger partial charge in [0.15, 0.2) is 6.29 Å². The van der Waals surface area contributed by atoms with Crippen LogP contribution < -0.4 is 0 Å². The molecule has 0 aromatic rings. The van der Waals surface area contributed by atoms with Crippen LogP contribution in [0, 0.1) is 11.8 Å². The second-order valence-corrected chi connectivity index (χ2v) is 3.82. The Kier molecular flexibility index (Phi) is 6.42. The van der Waals surface area contributed by atoms with E-state index in [0.717, 1.165) is 38.9 Å². The summed E-state index contributed by atoms with van der Waals surface area (Å²) < 4.78 is 10.6. The zero-order valence-electron chi connectivity index (χ0n) is 9.37. The van der Waals surface area contributed by atoms with Gasteiger partial charge in [-0.1, -0.05) is 0 Å². The fourth-order valence-electron chi connectivity index (χ4n) is 1.41. The van der Waals surface area contributed by atoms with Crippen molar-refractivity contribution in [2.45, 2.75) is 51.4 Å². The van der Waals surface area contributed by atoms with Crippen LogP contribution in [-0.2, 0) is 9.47 Å². The Morgan fingerprint density at radius 2 is 2.00 bits per heavy atom. The number of ether oxygens (including phenoxy) is 2. The van der Waals surface area contributed by atoms with E-state index in [1.165, 1.54) is 0 Å². The van der Waals surface area contributed by atoms with Crippen molar-refractivity contribution in [2.24, 2.45) is 0 Å². The Morgan fingerprint density at radius 1 is 1.27 bits per heavy atom. The highest BCUT2D eigenvalue weighted by atomic mass is 16.7. The standard InChI is InChI=1S/C12H20O3/c1-11(13)7-5-3-2-4-6-8-12-14-9-10-15-12/h11-13H,2,4,6-10H2,1H3. The van der Waals surface area contributed by atoms with Crippen molar-refractivity contribution in [2.75, 3.05) is 13.2 Å². The fraction of sp³-hybridized carbons (Fsp3) is 0.833. The SMILES string of the molecule is CC(O)CC#CCCCCC1OCCO1. The molecule has 1 atom stereocenters. The van der Waals surface area contributed by atoms with E-state index in [1.54, 1.807) is 6.92 Å².